The van der Waals surface area contributed by atoms with Crippen molar-refractivity contribution in [2.45, 2.75) is 37.9 Å². The Labute approximate surface area is 172 Å². The van der Waals surface area contributed by atoms with Crippen LogP contribution in [0.15, 0.2) is 35.8 Å². The van der Waals surface area contributed by atoms with Crippen LogP contribution in [-0.2, 0) is 9.59 Å². The molecule has 9 heteroatoms. The van der Waals surface area contributed by atoms with Crippen LogP contribution in [0.25, 0.3) is 0 Å². The van der Waals surface area contributed by atoms with Crippen molar-refractivity contribution in [1.82, 2.24) is 20.5 Å². The fourth-order valence-corrected chi connectivity index (χ4v) is 4.51. The van der Waals surface area contributed by atoms with Crippen LogP contribution in [0.4, 0.5) is 5.82 Å². The first kappa shape index (κ1) is 19.4. The van der Waals surface area contributed by atoms with Crippen molar-refractivity contribution in [2.24, 2.45) is 0 Å². The van der Waals surface area contributed by atoms with E-state index in [9.17, 15) is 14.4 Å². The Morgan fingerprint density at radius 1 is 1.31 bits per heavy atom. The van der Waals surface area contributed by atoms with Gasteiger partial charge in [-0.3, -0.25) is 14.4 Å². The molecule has 2 atom stereocenters. The molecule has 2 aromatic rings. The maximum atomic E-state index is 12.6. The van der Waals surface area contributed by atoms with Crippen LogP contribution >= 0.6 is 11.3 Å². The summed E-state index contributed by atoms with van der Waals surface area (Å²) in [4.78, 5) is 44.5. The van der Waals surface area contributed by atoms with Gasteiger partial charge in [0.1, 0.15) is 11.5 Å². The number of likely N-dealkylation sites (tertiary alicyclic amines) is 1. The molecule has 8 nitrogen and oxygen atoms in total. The number of carbonyl (C=O) groups is 3. The van der Waals surface area contributed by atoms with E-state index in [1.165, 1.54) is 0 Å². The molecule has 1 saturated heterocycles. The topological polar surface area (TPSA) is 103 Å². The van der Waals surface area contributed by atoms with E-state index in [1.54, 1.807) is 34.6 Å². The quantitative estimate of drug-likeness (QED) is 0.710. The lowest BCUT2D eigenvalue weighted by Crippen LogP contribution is -2.58. The number of pyridine rings is 1. The van der Waals surface area contributed by atoms with Gasteiger partial charge in [0.2, 0.25) is 11.8 Å². The monoisotopic (exact) mass is 413 g/mol. The lowest BCUT2D eigenvalue weighted by atomic mass is 9.97. The molecule has 2 aromatic heterocycles. The van der Waals surface area contributed by atoms with Crippen LogP contribution < -0.4 is 16.0 Å². The average Bonchev–Trinajstić information content (AvgIpc) is 3.20. The molecule has 0 unspecified atom stereocenters. The largest absolute Gasteiger partial charge is 0.347 e. The highest BCUT2D eigenvalue weighted by molar-refractivity contribution is 7.10. The Bertz CT molecular complexity index is 932. The Kier molecular flexibility index (Phi) is 5.23. The molecule has 2 aliphatic rings. The van der Waals surface area contributed by atoms with E-state index in [1.807, 2.05) is 24.4 Å². The minimum atomic E-state index is -0.733. The lowest BCUT2D eigenvalue weighted by molar-refractivity contribution is -0.135. The first-order valence-electron chi connectivity index (χ1n) is 9.62. The zero-order valence-corrected chi connectivity index (χ0v) is 16.9. The molecule has 3 amide bonds. The van der Waals surface area contributed by atoms with E-state index in [-0.39, 0.29) is 36.7 Å². The van der Waals surface area contributed by atoms with Gasteiger partial charge < -0.3 is 20.9 Å². The molecule has 3 N–H and O–H groups in total. The molecule has 1 fully saturated rings. The molecule has 1 spiro atoms. The van der Waals surface area contributed by atoms with E-state index in [0.29, 0.717) is 30.8 Å². The fraction of sp³-hybridized carbons (Fsp3) is 0.400. The van der Waals surface area contributed by atoms with E-state index >= 15 is 0 Å². The van der Waals surface area contributed by atoms with Gasteiger partial charge in [0, 0.05) is 30.5 Å². The van der Waals surface area contributed by atoms with E-state index in [0.717, 1.165) is 4.88 Å². The summed E-state index contributed by atoms with van der Waals surface area (Å²) in [5.41, 5.74) is -0.240. The van der Waals surface area contributed by atoms with Gasteiger partial charge in [0.25, 0.3) is 5.91 Å². The maximum absolute atomic E-state index is 12.6. The van der Waals surface area contributed by atoms with Crippen LogP contribution in [0.5, 0.6) is 0 Å². The van der Waals surface area contributed by atoms with Crippen LogP contribution in [0.1, 0.15) is 47.5 Å². The van der Waals surface area contributed by atoms with Crippen molar-refractivity contribution in [3.63, 3.8) is 0 Å². The second-order valence-electron chi connectivity index (χ2n) is 7.43. The van der Waals surface area contributed by atoms with Gasteiger partial charge in [-0.05, 0) is 36.9 Å². The summed E-state index contributed by atoms with van der Waals surface area (Å²) in [6.07, 6.45) is 2.81. The third-order valence-corrected chi connectivity index (χ3v) is 6.43. The van der Waals surface area contributed by atoms with Crippen molar-refractivity contribution in [2.75, 3.05) is 18.4 Å². The predicted octanol–water partition coefficient (Wildman–Crippen LogP) is 1.88. The Morgan fingerprint density at radius 3 is 2.97 bits per heavy atom. The zero-order chi connectivity index (χ0) is 20.4. The number of hydrogen-bond donors (Lipinski definition) is 3. The Balaban J connectivity index is 1.40. The van der Waals surface area contributed by atoms with Crippen LogP contribution in [0.2, 0.25) is 0 Å². The second kappa shape index (κ2) is 7.82. The molecule has 152 valence electrons. The molecule has 0 aromatic carbocycles. The summed E-state index contributed by atoms with van der Waals surface area (Å²) >= 11 is 1.58. The molecule has 0 saturated carbocycles. The number of hydrogen-bond acceptors (Lipinski definition) is 6. The molecule has 2 aliphatic heterocycles. The number of nitrogens with zero attached hydrogens (tertiary/aromatic N) is 2. The lowest BCUT2D eigenvalue weighted by Gasteiger charge is -2.39. The SMILES string of the molecule is C[C@@H](NC(=O)CN1CC[C@@]2(CCC1=O)NC(=O)c1cccnc1N2)c1cccs1. The van der Waals surface area contributed by atoms with Crippen LogP contribution in [-0.4, -0.2) is 46.4 Å². The number of nitrogens with one attached hydrogen (secondary N) is 3. The predicted molar refractivity (Wildman–Crippen MR) is 109 cm³/mol. The second-order valence-corrected chi connectivity index (χ2v) is 8.41. The van der Waals surface area contributed by atoms with Gasteiger partial charge in [-0.15, -0.1) is 11.3 Å². The molecular weight excluding hydrogens is 390 g/mol. The summed E-state index contributed by atoms with van der Waals surface area (Å²) in [7, 11) is 0. The smallest absolute Gasteiger partial charge is 0.256 e. The van der Waals surface area contributed by atoms with Gasteiger partial charge in [0.05, 0.1) is 18.2 Å². The normalized spacial score (nSPS) is 22.3. The van der Waals surface area contributed by atoms with Gasteiger partial charge >= 0.3 is 0 Å². The van der Waals surface area contributed by atoms with Crippen molar-refractivity contribution < 1.29 is 14.4 Å². The number of carbonyl (C=O) groups excluding carboxylic acids is 3. The molecular formula is C20H23N5O3S. The highest BCUT2D eigenvalue weighted by atomic mass is 32.1. The highest BCUT2D eigenvalue weighted by Gasteiger charge is 2.41. The van der Waals surface area contributed by atoms with E-state index in [4.69, 9.17) is 0 Å². The van der Waals surface area contributed by atoms with Crippen molar-refractivity contribution in [3.8, 4) is 0 Å². The molecule has 4 heterocycles. The third-order valence-electron chi connectivity index (χ3n) is 5.37. The third kappa shape index (κ3) is 4.09. The van der Waals surface area contributed by atoms with Crippen LogP contribution in [0, 0.1) is 0 Å². The number of thiophene rings is 1. The molecule has 4 rings (SSSR count). The molecule has 0 bridgehead atoms. The molecule has 0 aliphatic carbocycles. The molecule has 29 heavy (non-hydrogen) atoms. The minimum Gasteiger partial charge on any atom is -0.347 e. The van der Waals surface area contributed by atoms with Gasteiger partial charge in [-0.2, -0.15) is 0 Å². The summed E-state index contributed by atoms with van der Waals surface area (Å²) in [6, 6.07) is 7.24. The minimum absolute atomic E-state index is 0.00735. The maximum Gasteiger partial charge on any atom is 0.256 e. The van der Waals surface area contributed by atoms with Gasteiger partial charge in [0.15, 0.2) is 0 Å². The number of amides is 3. The summed E-state index contributed by atoms with van der Waals surface area (Å²) in [5, 5.41) is 11.2. The summed E-state index contributed by atoms with van der Waals surface area (Å²) in [6.45, 7) is 2.30. The van der Waals surface area contributed by atoms with Crippen molar-refractivity contribution in [1.29, 1.82) is 0 Å². The van der Waals surface area contributed by atoms with Gasteiger partial charge in [-0.1, -0.05) is 6.07 Å². The van der Waals surface area contributed by atoms with Crippen LogP contribution in [0.3, 0.4) is 0 Å². The Morgan fingerprint density at radius 2 is 2.17 bits per heavy atom. The van der Waals surface area contributed by atoms with Gasteiger partial charge in [-0.25, -0.2) is 4.98 Å². The number of anilines is 1. The first-order chi connectivity index (χ1) is 14.0. The summed E-state index contributed by atoms with van der Waals surface area (Å²) < 4.78 is 0. The molecule has 0 radical (unpaired) electrons. The van der Waals surface area contributed by atoms with Crippen molar-refractivity contribution >= 4 is 34.9 Å². The first-order valence-corrected chi connectivity index (χ1v) is 10.5. The van der Waals surface area contributed by atoms with E-state index < -0.39 is 5.66 Å². The average molecular weight is 414 g/mol. The number of aromatic nitrogens is 1. The number of rotatable bonds is 4. The fourth-order valence-electron chi connectivity index (χ4n) is 3.77. The standard InChI is InChI=1S/C20H23N5O3S/c1-13(15-5-3-11-29-15)22-16(26)12-25-10-8-20(7-6-17(25)27)23-18-14(19(28)24-20)4-2-9-21-18/h2-5,9,11,13H,6-8,10,12H2,1H3,(H,21,23)(H,22,26)(H,24,28)/t13-,20-/m1/s1. The Hall–Kier alpha value is -2.94. The summed E-state index contributed by atoms with van der Waals surface area (Å²) in [5.74, 6) is 0.0430. The highest BCUT2D eigenvalue weighted by Crippen LogP contribution is 2.30. The number of fused-ring (bicyclic) bond motifs is 1. The van der Waals surface area contributed by atoms with Crippen molar-refractivity contribution in [3.05, 3.63) is 46.3 Å². The van der Waals surface area contributed by atoms with E-state index in [2.05, 4.69) is 20.9 Å². The zero-order valence-electron chi connectivity index (χ0n) is 16.1.